The summed E-state index contributed by atoms with van der Waals surface area (Å²) < 4.78 is 0. The molecule has 0 unspecified atom stereocenters. The Morgan fingerprint density at radius 2 is 1.00 bits per heavy atom. The minimum atomic E-state index is -0.163. The molecular formula is C15H21NO3. The molecule has 1 heterocycles. The van der Waals surface area contributed by atoms with Crippen LogP contribution in [-0.2, 0) is 14.4 Å². The summed E-state index contributed by atoms with van der Waals surface area (Å²) in [5.41, 5.74) is -0.326. The predicted molar refractivity (Wildman–Crippen MR) is 69.8 cm³/mol. The lowest BCUT2D eigenvalue weighted by molar-refractivity contribution is -0.132. The maximum atomic E-state index is 12.2. The summed E-state index contributed by atoms with van der Waals surface area (Å²) in [4.78, 5) is 35.0. The maximum absolute atomic E-state index is 12.2. The van der Waals surface area contributed by atoms with Gasteiger partial charge >= 0.3 is 0 Å². The van der Waals surface area contributed by atoms with Gasteiger partial charge in [-0.2, -0.15) is 0 Å². The van der Waals surface area contributed by atoms with Crippen molar-refractivity contribution in [3.63, 3.8) is 0 Å². The number of nitrogens with one attached hydrogen (secondary N) is 1. The van der Waals surface area contributed by atoms with E-state index in [1.165, 1.54) is 0 Å². The summed E-state index contributed by atoms with van der Waals surface area (Å²) >= 11 is 0. The first-order valence-corrected chi connectivity index (χ1v) is 7.36. The molecule has 0 bridgehead atoms. The third-order valence-corrected chi connectivity index (χ3v) is 5.13. The summed E-state index contributed by atoms with van der Waals surface area (Å²) in [6, 6.07) is 0. The molecule has 4 heteroatoms. The lowest BCUT2D eigenvalue weighted by Gasteiger charge is -2.51. The van der Waals surface area contributed by atoms with Crippen molar-refractivity contribution in [1.29, 1.82) is 0 Å². The van der Waals surface area contributed by atoms with Crippen molar-refractivity contribution in [1.82, 2.24) is 5.32 Å². The maximum Gasteiger partial charge on any atom is 0.136 e. The lowest BCUT2D eigenvalue weighted by Crippen LogP contribution is -2.65. The van der Waals surface area contributed by atoms with Crippen molar-refractivity contribution in [3.8, 4) is 0 Å². The second-order valence-electron chi connectivity index (χ2n) is 6.66. The van der Waals surface area contributed by atoms with Crippen LogP contribution in [0.2, 0.25) is 0 Å². The van der Waals surface area contributed by atoms with Gasteiger partial charge in [-0.1, -0.05) is 0 Å². The van der Waals surface area contributed by atoms with Crippen LogP contribution in [0, 0.1) is 0 Å². The molecule has 104 valence electrons. The Hall–Kier alpha value is -1.03. The van der Waals surface area contributed by atoms with Crippen LogP contribution in [0.5, 0.6) is 0 Å². The fourth-order valence-electron chi connectivity index (χ4n) is 4.09. The van der Waals surface area contributed by atoms with E-state index in [1.54, 1.807) is 0 Å². The third-order valence-electron chi connectivity index (χ3n) is 5.13. The van der Waals surface area contributed by atoms with E-state index in [1.807, 2.05) is 0 Å². The number of ketones is 3. The second kappa shape index (κ2) is 4.51. The van der Waals surface area contributed by atoms with E-state index < -0.39 is 0 Å². The van der Waals surface area contributed by atoms with Crippen LogP contribution in [0.3, 0.4) is 0 Å². The molecule has 3 fully saturated rings. The van der Waals surface area contributed by atoms with Gasteiger partial charge in [-0.15, -0.1) is 0 Å². The second-order valence-corrected chi connectivity index (χ2v) is 6.66. The van der Waals surface area contributed by atoms with Gasteiger partial charge < -0.3 is 5.32 Å². The van der Waals surface area contributed by atoms with Gasteiger partial charge in [0.2, 0.25) is 0 Å². The highest BCUT2D eigenvalue weighted by Gasteiger charge is 2.49. The zero-order chi connectivity index (χ0) is 13.5. The van der Waals surface area contributed by atoms with E-state index in [0.717, 1.165) is 25.7 Å². The number of carbonyl (C=O) groups excluding carboxylic acids is 3. The predicted octanol–water partition coefficient (Wildman–Crippen LogP) is 1.70. The number of hydrogen-bond acceptors (Lipinski definition) is 4. The molecule has 0 aromatic carbocycles. The average molecular weight is 263 g/mol. The first kappa shape index (κ1) is 13.0. The smallest absolute Gasteiger partial charge is 0.136 e. The number of rotatable bonds is 0. The molecule has 2 saturated carbocycles. The van der Waals surface area contributed by atoms with Gasteiger partial charge in [0.05, 0.1) is 0 Å². The van der Waals surface area contributed by atoms with Gasteiger partial charge in [0.15, 0.2) is 0 Å². The molecule has 3 aliphatic rings. The number of hydrogen-bond donors (Lipinski definition) is 1. The Bertz CT molecular complexity index is 383. The highest BCUT2D eigenvalue weighted by molar-refractivity contribution is 5.85. The van der Waals surface area contributed by atoms with Crippen molar-refractivity contribution >= 4 is 17.3 Å². The van der Waals surface area contributed by atoms with Gasteiger partial charge in [-0.3, -0.25) is 14.4 Å². The summed E-state index contributed by atoms with van der Waals surface area (Å²) in [5, 5.41) is 3.73. The lowest BCUT2D eigenvalue weighted by atomic mass is 9.67. The Labute approximate surface area is 113 Å². The Morgan fingerprint density at radius 3 is 1.37 bits per heavy atom. The fraction of sp³-hybridized carbons (Fsp3) is 0.800. The molecule has 0 radical (unpaired) electrons. The van der Waals surface area contributed by atoms with E-state index in [2.05, 4.69) is 5.32 Å². The minimum Gasteiger partial charge on any atom is -0.305 e. The van der Waals surface area contributed by atoms with Crippen molar-refractivity contribution in [2.75, 3.05) is 0 Å². The average Bonchev–Trinajstić information content (AvgIpc) is 2.37. The monoisotopic (exact) mass is 263 g/mol. The van der Waals surface area contributed by atoms with Gasteiger partial charge in [0, 0.05) is 49.6 Å². The molecule has 0 aromatic heterocycles. The zero-order valence-electron chi connectivity index (χ0n) is 11.3. The van der Waals surface area contributed by atoms with E-state index >= 15 is 0 Å². The van der Waals surface area contributed by atoms with Crippen LogP contribution in [-0.4, -0.2) is 28.4 Å². The van der Waals surface area contributed by atoms with E-state index in [4.69, 9.17) is 0 Å². The summed E-state index contributed by atoms with van der Waals surface area (Å²) in [6.07, 6.45) is 6.64. The Kier molecular flexibility index (Phi) is 3.08. The van der Waals surface area contributed by atoms with Gasteiger partial charge in [0.1, 0.15) is 17.3 Å². The summed E-state index contributed by atoms with van der Waals surface area (Å²) in [6.45, 7) is 0. The molecule has 2 spiro atoms. The van der Waals surface area contributed by atoms with Crippen molar-refractivity contribution in [2.24, 2.45) is 0 Å². The van der Waals surface area contributed by atoms with E-state index in [-0.39, 0.29) is 11.1 Å². The first-order valence-electron chi connectivity index (χ1n) is 7.36. The highest BCUT2D eigenvalue weighted by atomic mass is 16.1. The topological polar surface area (TPSA) is 63.2 Å². The molecule has 0 aromatic rings. The molecule has 1 saturated heterocycles. The molecule has 3 rings (SSSR count). The molecule has 0 amide bonds. The molecule has 1 N–H and O–H groups in total. The van der Waals surface area contributed by atoms with Crippen LogP contribution in [0.1, 0.15) is 64.2 Å². The summed E-state index contributed by atoms with van der Waals surface area (Å²) in [5.74, 6) is 0.944. The summed E-state index contributed by atoms with van der Waals surface area (Å²) in [7, 11) is 0. The van der Waals surface area contributed by atoms with E-state index in [9.17, 15) is 14.4 Å². The van der Waals surface area contributed by atoms with Crippen LogP contribution in [0.4, 0.5) is 0 Å². The molecule has 1 aliphatic heterocycles. The number of carbonyl (C=O) groups is 3. The van der Waals surface area contributed by atoms with E-state index in [0.29, 0.717) is 55.9 Å². The molecule has 0 atom stereocenters. The van der Waals surface area contributed by atoms with Crippen LogP contribution in [0.25, 0.3) is 0 Å². The van der Waals surface area contributed by atoms with Crippen LogP contribution < -0.4 is 5.32 Å². The minimum absolute atomic E-state index is 0.163. The number of piperidine rings is 1. The third kappa shape index (κ3) is 2.50. The van der Waals surface area contributed by atoms with Gasteiger partial charge in [0.25, 0.3) is 0 Å². The Morgan fingerprint density at radius 1 is 0.632 bits per heavy atom. The van der Waals surface area contributed by atoms with Gasteiger partial charge in [-0.05, 0) is 25.7 Å². The SMILES string of the molecule is O=C1CCC2(CC1)CC(=O)CC1(CCC(=O)CC1)N2. The zero-order valence-corrected chi connectivity index (χ0v) is 11.3. The molecule has 19 heavy (non-hydrogen) atoms. The van der Waals surface area contributed by atoms with Crippen molar-refractivity contribution in [3.05, 3.63) is 0 Å². The highest BCUT2D eigenvalue weighted by Crippen LogP contribution is 2.41. The quantitative estimate of drug-likeness (QED) is 0.722. The Balaban J connectivity index is 1.79. The number of Topliss-reactive ketones (excluding diaryl/α,β-unsaturated/α-hetero) is 3. The van der Waals surface area contributed by atoms with Crippen molar-refractivity contribution < 1.29 is 14.4 Å². The van der Waals surface area contributed by atoms with Crippen LogP contribution in [0.15, 0.2) is 0 Å². The largest absolute Gasteiger partial charge is 0.305 e. The van der Waals surface area contributed by atoms with Crippen LogP contribution >= 0.6 is 0 Å². The standard InChI is InChI=1S/C15H21NO3/c17-11-1-5-14(6-2-11)9-13(19)10-15(16-14)7-3-12(18)4-8-15/h16H,1-10H2. The first-order chi connectivity index (χ1) is 9.01. The molecular weight excluding hydrogens is 242 g/mol. The fourth-order valence-corrected chi connectivity index (χ4v) is 4.09. The molecule has 4 nitrogen and oxygen atoms in total. The van der Waals surface area contributed by atoms with Gasteiger partial charge in [-0.25, -0.2) is 0 Å². The molecule has 2 aliphatic carbocycles. The van der Waals surface area contributed by atoms with Crippen molar-refractivity contribution in [2.45, 2.75) is 75.3 Å². The normalized spacial score (nSPS) is 30.0.